The molecule has 0 radical (unpaired) electrons. The van der Waals surface area contributed by atoms with Crippen molar-refractivity contribution in [2.75, 3.05) is 18.1 Å². The third kappa shape index (κ3) is 5.03. The number of amides is 2. The van der Waals surface area contributed by atoms with Gasteiger partial charge in [-0.3, -0.25) is 9.59 Å². The summed E-state index contributed by atoms with van der Waals surface area (Å²) in [4.78, 5) is 26.5. The molecule has 0 saturated carbocycles. The first-order chi connectivity index (χ1) is 13.6. The highest BCUT2D eigenvalue weighted by Crippen LogP contribution is 2.33. The van der Waals surface area contributed by atoms with E-state index < -0.39 is 0 Å². The van der Waals surface area contributed by atoms with Gasteiger partial charge in [-0.1, -0.05) is 24.3 Å². The van der Waals surface area contributed by atoms with Crippen LogP contribution < -0.4 is 19.7 Å². The molecular weight excluding hydrogens is 356 g/mol. The first-order valence-corrected chi connectivity index (χ1v) is 9.61. The quantitative estimate of drug-likeness (QED) is 0.798. The summed E-state index contributed by atoms with van der Waals surface area (Å²) in [6, 6.07) is 15.1. The summed E-state index contributed by atoms with van der Waals surface area (Å²) in [6.07, 6.45) is 0.243. The van der Waals surface area contributed by atoms with E-state index in [1.807, 2.05) is 62.4 Å². The first-order valence-electron chi connectivity index (χ1n) is 9.61. The van der Waals surface area contributed by atoms with Crippen molar-refractivity contribution in [3.05, 3.63) is 54.1 Å². The molecule has 0 fully saturated rings. The average molecular weight is 382 g/mol. The highest BCUT2D eigenvalue weighted by atomic mass is 16.5. The number of carbonyl (C=O) groups excluding carboxylic acids is 2. The fourth-order valence-electron chi connectivity index (χ4n) is 3.14. The van der Waals surface area contributed by atoms with E-state index in [0.717, 1.165) is 17.0 Å². The first kappa shape index (κ1) is 19.7. The minimum Gasteiger partial charge on any atom is -0.494 e. The third-order valence-corrected chi connectivity index (χ3v) is 4.51. The molecule has 1 N–H and O–H groups in total. The van der Waals surface area contributed by atoms with Gasteiger partial charge < -0.3 is 19.7 Å². The number of rotatable bonds is 7. The molecule has 2 aromatic rings. The van der Waals surface area contributed by atoms with E-state index in [-0.39, 0.29) is 30.8 Å². The van der Waals surface area contributed by atoms with Crippen LogP contribution in [0.5, 0.6) is 11.5 Å². The number of nitrogens with one attached hydrogen (secondary N) is 1. The molecule has 0 spiro atoms. The number of benzene rings is 2. The van der Waals surface area contributed by atoms with Crippen LogP contribution in [0.1, 0.15) is 32.3 Å². The molecule has 2 aromatic carbocycles. The van der Waals surface area contributed by atoms with E-state index in [2.05, 4.69) is 5.32 Å². The summed E-state index contributed by atoms with van der Waals surface area (Å²) in [5, 5.41) is 2.86. The standard InChI is InChI=1S/C22H26N2O4/c1-3-27-18-10-8-17(9-11-18)14-23-21(25)12-13-22(26)24-15-16(2)28-20-7-5-4-6-19(20)24/h4-11,16H,3,12-15H2,1-2H3,(H,23,25). The fourth-order valence-corrected chi connectivity index (χ4v) is 3.14. The van der Waals surface area contributed by atoms with E-state index in [1.54, 1.807) is 4.90 Å². The summed E-state index contributed by atoms with van der Waals surface area (Å²) in [7, 11) is 0. The van der Waals surface area contributed by atoms with Gasteiger partial charge in [-0.15, -0.1) is 0 Å². The van der Waals surface area contributed by atoms with Gasteiger partial charge in [0, 0.05) is 19.4 Å². The van der Waals surface area contributed by atoms with Gasteiger partial charge in [0.15, 0.2) is 0 Å². The van der Waals surface area contributed by atoms with Crippen LogP contribution in [0.2, 0.25) is 0 Å². The monoisotopic (exact) mass is 382 g/mol. The summed E-state index contributed by atoms with van der Waals surface area (Å²) in [5.41, 5.74) is 1.75. The third-order valence-electron chi connectivity index (χ3n) is 4.51. The van der Waals surface area contributed by atoms with E-state index in [0.29, 0.717) is 25.4 Å². The Morgan fingerprint density at radius 1 is 1.14 bits per heavy atom. The zero-order valence-corrected chi connectivity index (χ0v) is 16.3. The zero-order chi connectivity index (χ0) is 19.9. The minimum atomic E-state index is -0.142. The highest BCUT2D eigenvalue weighted by molar-refractivity contribution is 5.97. The summed E-state index contributed by atoms with van der Waals surface area (Å²) < 4.78 is 11.2. The molecule has 0 aliphatic carbocycles. The number of ether oxygens (including phenoxy) is 2. The lowest BCUT2D eigenvalue weighted by Gasteiger charge is -2.33. The van der Waals surface area contributed by atoms with E-state index >= 15 is 0 Å². The fraction of sp³-hybridized carbons (Fsp3) is 0.364. The van der Waals surface area contributed by atoms with Crippen molar-refractivity contribution in [1.82, 2.24) is 5.32 Å². The lowest BCUT2D eigenvalue weighted by molar-refractivity contribution is -0.125. The van der Waals surface area contributed by atoms with Crippen molar-refractivity contribution in [2.24, 2.45) is 0 Å². The number of carbonyl (C=O) groups is 2. The zero-order valence-electron chi connectivity index (χ0n) is 16.3. The van der Waals surface area contributed by atoms with Crippen LogP contribution in [0.3, 0.4) is 0 Å². The number of para-hydroxylation sites is 2. The van der Waals surface area contributed by atoms with Crippen LogP contribution in [0.4, 0.5) is 5.69 Å². The molecule has 28 heavy (non-hydrogen) atoms. The van der Waals surface area contributed by atoms with E-state index in [9.17, 15) is 9.59 Å². The predicted molar refractivity (Wildman–Crippen MR) is 108 cm³/mol. The van der Waals surface area contributed by atoms with Gasteiger partial charge in [0.05, 0.1) is 18.8 Å². The Labute approximate surface area is 165 Å². The van der Waals surface area contributed by atoms with Crippen molar-refractivity contribution in [1.29, 1.82) is 0 Å². The van der Waals surface area contributed by atoms with Crippen molar-refractivity contribution in [3.8, 4) is 11.5 Å². The van der Waals surface area contributed by atoms with Gasteiger partial charge >= 0.3 is 0 Å². The summed E-state index contributed by atoms with van der Waals surface area (Å²) >= 11 is 0. The van der Waals surface area contributed by atoms with Gasteiger partial charge in [-0.25, -0.2) is 0 Å². The molecule has 0 aromatic heterocycles. The second kappa shape index (κ2) is 9.26. The molecule has 2 amide bonds. The van der Waals surface area contributed by atoms with Crippen LogP contribution in [0, 0.1) is 0 Å². The van der Waals surface area contributed by atoms with Crippen LogP contribution >= 0.6 is 0 Å². The lowest BCUT2D eigenvalue weighted by atomic mass is 10.1. The molecule has 6 heteroatoms. The highest BCUT2D eigenvalue weighted by Gasteiger charge is 2.27. The summed E-state index contributed by atoms with van der Waals surface area (Å²) in [6.45, 7) is 5.41. The normalized spacial score (nSPS) is 15.4. The second-order valence-corrected chi connectivity index (χ2v) is 6.75. The minimum absolute atomic E-state index is 0.0705. The molecule has 148 valence electrons. The number of fused-ring (bicyclic) bond motifs is 1. The van der Waals surface area contributed by atoms with Crippen molar-refractivity contribution in [3.63, 3.8) is 0 Å². The number of hydrogen-bond acceptors (Lipinski definition) is 4. The Hall–Kier alpha value is -3.02. The Bertz CT molecular complexity index is 820. The average Bonchev–Trinajstić information content (AvgIpc) is 2.71. The molecular formula is C22H26N2O4. The van der Waals surface area contributed by atoms with Crippen LogP contribution in [-0.4, -0.2) is 31.1 Å². The SMILES string of the molecule is CCOc1ccc(CNC(=O)CCC(=O)N2CC(C)Oc3ccccc32)cc1. The largest absolute Gasteiger partial charge is 0.494 e. The smallest absolute Gasteiger partial charge is 0.227 e. The summed E-state index contributed by atoms with van der Waals surface area (Å²) in [5.74, 6) is 1.30. The molecule has 0 saturated heterocycles. The molecule has 1 aliphatic rings. The Morgan fingerprint density at radius 2 is 1.89 bits per heavy atom. The molecule has 1 aliphatic heterocycles. The number of nitrogens with zero attached hydrogens (tertiary/aromatic N) is 1. The van der Waals surface area contributed by atoms with Crippen LogP contribution in [0.25, 0.3) is 0 Å². The Morgan fingerprint density at radius 3 is 2.64 bits per heavy atom. The van der Waals surface area contributed by atoms with E-state index in [1.165, 1.54) is 0 Å². The second-order valence-electron chi connectivity index (χ2n) is 6.75. The van der Waals surface area contributed by atoms with E-state index in [4.69, 9.17) is 9.47 Å². The van der Waals surface area contributed by atoms with Gasteiger partial charge in [-0.2, -0.15) is 0 Å². The van der Waals surface area contributed by atoms with Gasteiger partial charge in [0.2, 0.25) is 11.8 Å². The topological polar surface area (TPSA) is 67.9 Å². The van der Waals surface area contributed by atoms with Gasteiger partial charge in [0.25, 0.3) is 0 Å². The van der Waals surface area contributed by atoms with Crippen molar-refractivity contribution >= 4 is 17.5 Å². The molecule has 6 nitrogen and oxygen atoms in total. The van der Waals surface area contributed by atoms with Gasteiger partial charge in [0.1, 0.15) is 17.6 Å². The molecule has 1 heterocycles. The van der Waals surface area contributed by atoms with Crippen molar-refractivity contribution in [2.45, 2.75) is 39.3 Å². The molecule has 1 unspecified atom stereocenters. The van der Waals surface area contributed by atoms with Crippen LogP contribution in [0.15, 0.2) is 48.5 Å². The number of anilines is 1. The molecule has 3 rings (SSSR count). The maximum Gasteiger partial charge on any atom is 0.227 e. The lowest BCUT2D eigenvalue weighted by Crippen LogP contribution is -2.42. The maximum absolute atomic E-state index is 12.7. The number of hydrogen-bond donors (Lipinski definition) is 1. The Kier molecular flexibility index (Phi) is 6.53. The van der Waals surface area contributed by atoms with Crippen LogP contribution in [-0.2, 0) is 16.1 Å². The maximum atomic E-state index is 12.7. The van der Waals surface area contributed by atoms with Gasteiger partial charge in [-0.05, 0) is 43.7 Å². The Balaban J connectivity index is 1.48. The molecule has 1 atom stereocenters. The molecule has 0 bridgehead atoms. The predicted octanol–water partition coefficient (Wildman–Crippen LogP) is 3.30. The van der Waals surface area contributed by atoms with Crippen molar-refractivity contribution < 1.29 is 19.1 Å².